The first-order valence-corrected chi connectivity index (χ1v) is 8.47. The molecule has 1 aromatic rings. The topological polar surface area (TPSA) is 32.3 Å². The number of piperidine rings is 1. The summed E-state index contributed by atoms with van der Waals surface area (Å²) in [4.78, 5) is 14.8. The van der Waals surface area contributed by atoms with Crippen molar-refractivity contribution < 1.29 is 4.79 Å². The number of likely N-dealkylation sites (tertiary alicyclic amines) is 1. The molecule has 1 fully saturated rings. The molecule has 1 saturated heterocycles. The summed E-state index contributed by atoms with van der Waals surface area (Å²) in [6.45, 7) is 10.6. The largest absolute Gasteiger partial charge is 0.324 e. The van der Waals surface area contributed by atoms with E-state index in [4.69, 9.17) is 0 Å². The molecule has 3 atom stereocenters. The fourth-order valence-electron chi connectivity index (χ4n) is 3.15. The first-order chi connectivity index (χ1) is 9.86. The molecule has 0 bridgehead atoms. The molecular formula is C17H25BrN2O. The summed E-state index contributed by atoms with van der Waals surface area (Å²) in [5.41, 5.74) is 2.02. The Bertz CT molecular complexity index is 508. The molecule has 3 nitrogen and oxygen atoms in total. The van der Waals surface area contributed by atoms with E-state index in [1.807, 2.05) is 32.0 Å². The van der Waals surface area contributed by atoms with E-state index in [0.29, 0.717) is 11.8 Å². The van der Waals surface area contributed by atoms with E-state index in [0.717, 1.165) is 23.2 Å². The Labute approximate surface area is 136 Å². The summed E-state index contributed by atoms with van der Waals surface area (Å²) >= 11 is 3.51. The third-order valence-corrected chi connectivity index (χ3v) is 4.86. The van der Waals surface area contributed by atoms with Gasteiger partial charge in [-0.1, -0.05) is 19.9 Å². The SMILES string of the molecule is Cc1ccc(NC(=O)[C@@H](C)N2C[C@H](C)C[C@H](C)C2)c(Br)c1. The zero-order valence-electron chi connectivity index (χ0n) is 13.3. The van der Waals surface area contributed by atoms with Gasteiger partial charge < -0.3 is 5.32 Å². The molecule has 116 valence electrons. The second kappa shape index (κ2) is 6.93. The van der Waals surface area contributed by atoms with Gasteiger partial charge in [0.2, 0.25) is 5.91 Å². The number of carbonyl (C=O) groups is 1. The molecule has 1 amide bonds. The number of carbonyl (C=O) groups excluding carboxylic acids is 1. The number of rotatable bonds is 3. The molecule has 0 unspecified atom stereocenters. The summed E-state index contributed by atoms with van der Waals surface area (Å²) in [5, 5.41) is 3.04. The van der Waals surface area contributed by atoms with Crippen LogP contribution in [0, 0.1) is 18.8 Å². The number of hydrogen-bond acceptors (Lipinski definition) is 2. The fraction of sp³-hybridized carbons (Fsp3) is 0.588. The monoisotopic (exact) mass is 352 g/mol. The summed E-state index contributed by atoms with van der Waals surface area (Å²) in [7, 11) is 0. The van der Waals surface area contributed by atoms with Crippen LogP contribution < -0.4 is 5.32 Å². The molecule has 2 rings (SSSR count). The van der Waals surface area contributed by atoms with Crippen LogP contribution in [0.5, 0.6) is 0 Å². The minimum absolute atomic E-state index is 0.0702. The van der Waals surface area contributed by atoms with Crippen LogP contribution >= 0.6 is 15.9 Å². The number of hydrogen-bond donors (Lipinski definition) is 1. The molecule has 0 aliphatic carbocycles. The van der Waals surface area contributed by atoms with E-state index >= 15 is 0 Å². The van der Waals surface area contributed by atoms with E-state index in [-0.39, 0.29) is 11.9 Å². The number of halogens is 1. The molecule has 0 aromatic heterocycles. The van der Waals surface area contributed by atoms with Crippen LogP contribution in [0.4, 0.5) is 5.69 Å². The van der Waals surface area contributed by atoms with Crippen LogP contribution in [0.25, 0.3) is 0 Å². The van der Waals surface area contributed by atoms with Crippen molar-refractivity contribution in [2.45, 2.75) is 40.2 Å². The number of anilines is 1. The zero-order valence-corrected chi connectivity index (χ0v) is 14.9. The van der Waals surface area contributed by atoms with Crippen molar-refractivity contribution >= 4 is 27.5 Å². The van der Waals surface area contributed by atoms with Crippen LogP contribution in [-0.4, -0.2) is 29.9 Å². The number of nitrogens with one attached hydrogen (secondary N) is 1. The summed E-state index contributed by atoms with van der Waals surface area (Å²) in [6, 6.07) is 5.88. The average Bonchev–Trinajstić information content (AvgIpc) is 2.40. The smallest absolute Gasteiger partial charge is 0.241 e. The first kappa shape index (κ1) is 16.5. The normalized spacial score (nSPS) is 24.6. The lowest BCUT2D eigenvalue weighted by molar-refractivity contribution is -0.121. The van der Waals surface area contributed by atoms with Gasteiger partial charge in [0, 0.05) is 17.6 Å². The lowest BCUT2D eigenvalue weighted by atomic mass is 9.91. The van der Waals surface area contributed by atoms with Crippen molar-refractivity contribution in [2.75, 3.05) is 18.4 Å². The fourth-order valence-corrected chi connectivity index (χ4v) is 3.74. The Morgan fingerprint density at radius 1 is 1.33 bits per heavy atom. The molecule has 1 aliphatic heterocycles. The second-order valence-corrected chi connectivity index (χ2v) is 7.40. The van der Waals surface area contributed by atoms with Crippen molar-refractivity contribution in [1.82, 2.24) is 4.90 Å². The molecule has 1 heterocycles. The summed E-state index contributed by atoms with van der Waals surface area (Å²) in [6.07, 6.45) is 1.26. The number of amides is 1. The van der Waals surface area contributed by atoms with Gasteiger partial charge in [0.25, 0.3) is 0 Å². The van der Waals surface area contributed by atoms with Crippen LogP contribution in [0.2, 0.25) is 0 Å². The number of aryl methyl sites for hydroxylation is 1. The molecule has 0 radical (unpaired) electrons. The molecule has 21 heavy (non-hydrogen) atoms. The predicted molar refractivity (Wildman–Crippen MR) is 91.5 cm³/mol. The van der Waals surface area contributed by atoms with Gasteiger partial charge in [-0.25, -0.2) is 0 Å². The lowest BCUT2D eigenvalue weighted by Gasteiger charge is -2.38. The highest BCUT2D eigenvalue weighted by Crippen LogP contribution is 2.25. The van der Waals surface area contributed by atoms with Gasteiger partial charge in [-0.15, -0.1) is 0 Å². The first-order valence-electron chi connectivity index (χ1n) is 7.68. The zero-order chi connectivity index (χ0) is 15.6. The maximum absolute atomic E-state index is 12.5. The van der Waals surface area contributed by atoms with E-state index in [1.54, 1.807) is 0 Å². The molecule has 1 aliphatic rings. The van der Waals surface area contributed by atoms with E-state index in [2.05, 4.69) is 40.0 Å². The van der Waals surface area contributed by atoms with Crippen molar-refractivity contribution in [2.24, 2.45) is 11.8 Å². The molecule has 4 heteroatoms. The van der Waals surface area contributed by atoms with Crippen LogP contribution in [0.1, 0.15) is 32.8 Å². The maximum atomic E-state index is 12.5. The third-order valence-electron chi connectivity index (χ3n) is 4.21. The van der Waals surface area contributed by atoms with E-state index < -0.39 is 0 Å². The highest BCUT2D eigenvalue weighted by atomic mass is 79.9. The van der Waals surface area contributed by atoms with Gasteiger partial charge in [-0.05, 0) is 65.7 Å². The molecular weight excluding hydrogens is 328 g/mol. The van der Waals surface area contributed by atoms with Gasteiger partial charge in [0.15, 0.2) is 0 Å². The molecule has 0 spiro atoms. The van der Waals surface area contributed by atoms with Crippen molar-refractivity contribution in [3.05, 3.63) is 28.2 Å². The highest BCUT2D eigenvalue weighted by molar-refractivity contribution is 9.10. The summed E-state index contributed by atoms with van der Waals surface area (Å²) in [5.74, 6) is 1.39. The molecule has 1 N–H and O–H groups in total. The Kier molecular flexibility index (Phi) is 5.44. The van der Waals surface area contributed by atoms with Crippen molar-refractivity contribution in [3.63, 3.8) is 0 Å². The van der Waals surface area contributed by atoms with Gasteiger partial charge in [-0.2, -0.15) is 0 Å². The third kappa shape index (κ3) is 4.30. The van der Waals surface area contributed by atoms with E-state index in [9.17, 15) is 4.79 Å². The van der Waals surface area contributed by atoms with Crippen LogP contribution in [0.15, 0.2) is 22.7 Å². The molecule has 0 saturated carbocycles. The average molecular weight is 353 g/mol. The Morgan fingerprint density at radius 2 is 1.95 bits per heavy atom. The molecule has 1 aromatic carbocycles. The Hall–Kier alpha value is -0.870. The van der Waals surface area contributed by atoms with Gasteiger partial charge in [0.1, 0.15) is 0 Å². The highest BCUT2D eigenvalue weighted by Gasteiger charge is 2.28. The maximum Gasteiger partial charge on any atom is 0.241 e. The minimum Gasteiger partial charge on any atom is -0.324 e. The second-order valence-electron chi connectivity index (χ2n) is 6.55. The Balaban J connectivity index is 2.02. The lowest BCUT2D eigenvalue weighted by Crippen LogP contribution is -2.48. The van der Waals surface area contributed by atoms with E-state index in [1.165, 1.54) is 12.0 Å². The van der Waals surface area contributed by atoms with Gasteiger partial charge in [0.05, 0.1) is 11.7 Å². The number of benzene rings is 1. The minimum atomic E-state index is -0.0941. The van der Waals surface area contributed by atoms with Crippen LogP contribution in [0.3, 0.4) is 0 Å². The van der Waals surface area contributed by atoms with Gasteiger partial charge in [-0.3, -0.25) is 9.69 Å². The standard InChI is InChI=1S/C17H25BrN2O/c1-11-5-6-16(15(18)8-11)19-17(21)14(4)20-9-12(2)7-13(3)10-20/h5-6,8,12-14H,7,9-10H2,1-4H3,(H,19,21)/t12-,13+,14-/m1/s1. The Morgan fingerprint density at radius 3 is 2.52 bits per heavy atom. The number of nitrogens with zero attached hydrogens (tertiary/aromatic N) is 1. The summed E-state index contributed by atoms with van der Waals surface area (Å²) < 4.78 is 0.934. The van der Waals surface area contributed by atoms with Crippen molar-refractivity contribution in [3.8, 4) is 0 Å². The van der Waals surface area contributed by atoms with Crippen LogP contribution in [-0.2, 0) is 4.79 Å². The quantitative estimate of drug-likeness (QED) is 0.889. The van der Waals surface area contributed by atoms with Crippen molar-refractivity contribution in [1.29, 1.82) is 0 Å². The van der Waals surface area contributed by atoms with Gasteiger partial charge >= 0.3 is 0 Å². The predicted octanol–water partition coefficient (Wildman–Crippen LogP) is 4.06.